The molecule has 0 radical (unpaired) electrons. The Balaban J connectivity index is 1.88. The molecule has 1 amide bonds. The number of rotatable bonds is 3. The van der Waals surface area contributed by atoms with Crippen LogP contribution in [-0.4, -0.2) is 25.2 Å². The van der Waals surface area contributed by atoms with Gasteiger partial charge < -0.3 is 14.8 Å². The van der Waals surface area contributed by atoms with Crippen molar-refractivity contribution in [3.05, 3.63) is 36.4 Å². The second-order valence-electron chi connectivity index (χ2n) is 3.74. The first-order chi connectivity index (χ1) is 8.29. The molecule has 0 aliphatic carbocycles. The van der Waals surface area contributed by atoms with Gasteiger partial charge in [0.25, 0.3) is 0 Å². The Bertz CT molecular complexity index is 428. The summed E-state index contributed by atoms with van der Waals surface area (Å²) in [5, 5.41) is 2.75. The van der Waals surface area contributed by atoms with Gasteiger partial charge in [-0.25, -0.2) is 0 Å². The second kappa shape index (κ2) is 5.39. The minimum atomic E-state index is -0.140. The number of fused-ring (bicyclic) bond motifs is 1. The summed E-state index contributed by atoms with van der Waals surface area (Å²) in [4.78, 5) is 11.2. The molecule has 1 aromatic rings. The molecule has 0 saturated carbocycles. The topological polar surface area (TPSA) is 47.6 Å². The van der Waals surface area contributed by atoms with Gasteiger partial charge in [-0.1, -0.05) is 18.2 Å². The molecular formula is C13H15NO3. The summed E-state index contributed by atoms with van der Waals surface area (Å²) in [6.45, 7) is 2.70. The van der Waals surface area contributed by atoms with E-state index in [0.717, 1.165) is 11.5 Å². The third kappa shape index (κ3) is 3.00. The molecule has 17 heavy (non-hydrogen) atoms. The van der Waals surface area contributed by atoms with E-state index in [9.17, 15) is 4.79 Å². The van der Waals surface area contributed by atoms with Gasteiger partial charge in [-0.3, -0.25) is 4.79 Å². The van der Waals surface area contributed by atoms with E-state index >= 15 is 0 Å². The molecule has 0 saturated heterocycles. The molecule has 0 spiro atoms. The van der Waals surface area contributed by atoms with Crippen molar-refractivity contribution in [1.29, 1.82) is 0 Å². The number of carbonyl (C=O) groups is 1. The van der Waals surface area contributed by atoms with E-state index < -0.39 is 0 Å². The third-order valence-electron chi connectivity index (χ3n) is 2.39. The molecule has 1 heterocycles. The molecule has 1 aliphatic heterocycles. The number of carbonyl (C=O) groups excluding carboxylic acids is 1. The van der Waals surface area contributed by atoms with Crippen LogP contribution in [0.5, 0.6) is 11.5 Å². The Kier molecular flexibility index (Phi) is 3.65. The smallest absolute Gasteiger partial charge is 0.243 e. The van der Waals surface area contributed by atoms with Crippen molar-refractivity contribution in [1.82, 2.24) is 5.32 Å². The van der Waals surface area contributed by atoms with E-state index in [1.807, 2.05) is 24.3 Å². The summed E-state index contributed by atoms with van der Waals surface area (Å²) in [5.41, 5.74) is 0. The maximum absolute atomic E-state index is 11.2. The monoisotopic (exact) mass is 233 g/mol. The van der Waals surface area contributed by atoms with E-state index in [2.05, 4.69) is 5.32 Å². The highest BCUT2D eigenvalue weighted by Gasteiger charge is 2.20. The van der Waals surface area contributed by atoms with E-state index in [-0.39, 0.29) is 12.0 Å². The molecule has 4 nitrogen and oxygen atoms in total. The van der Waals surface area contributed by atoms with Gasteiger partial charge in [0.2, 0.25) is 5.91 Å². The Morgan fingerprint density at radius 3 is 3.00 bits per heavy atom. The first kappa shape index (κ1) is 11.5. The Morgan fingerprint density at radius 1 is 1.47 bits per heavy atom. The highest BCUT2D eigenvalue weighted by Crippen LogP contribution is 2.30. The molecule has 0 unspecified atom stereocenters. The normalized spacial score (nSPS) is 18.1. The standard InChI is InChI=1S/C13H15NO3/c1-2-5-13(15)14-8-10-9-16-11-6-3-4-7-12(11)17-10/h2-7,10H,8-9H2,1H3,(H,14,15)/b5-2-/t10-/m0/s1. The predicted molar refractivity (Wildman–Crippen MR) is 64.2 cm³/mol. The summed E-state index contributed by atoms with van der Waals surface area (Å²) in [6.07, 6.45) is 3.04. The molecule has 4 heteroatoms. The lowest BCUT2D eigenvalue weighted by molar-refractivity contribution is -0.117. The lowest BCUT2D eigenvalue weighted by Crippen LogP contribution is -2.40. The van der Waals surface area contributed by atoms with Crippen LogP contribution < -0.4 is 14.8 Å². The number of para-hydroxylation sites is 2. The summed E-state index contributed by atoms with van der Waals surface area (Å²) >= 11 is 0. The zero-order chi connectivity index (χ0) is 12.1. The van der Waals surface area contributed by atoms with Crippen molar-refractivity contribution in [3.63, 3.8) is 0 Å². The van der Waals surface area contributed by atoms with Crippen molar-refractivity contribution in [2.45, 2.75) is 13.0 Å². The zero-order valence-electron chi connectivity index (χ0n) is 9.68. The molecule has 0 bridgehead atoms. The molecule has 1 aromatic carbocycles. The Morgan fingerprint density at radius 2 is 2.24 bits per heavy atom. The van der Waals surface area contributed by atoms with Gasteiger partial charge in [0, 0.05) is 0 Å². The summed E-state index contributed by atoms with van der Waals surface area (Å²) < 4.78 is 11.2. The van der Waals surface area contributed by atoms with Crippen LogP contribution in [-0.2, 0) is 4.79 Å². The third-order valence-corrected chi connectivity index (χ3v) is 2.39. The Labute approximate surface area is 100 Å². The van der Waals surface area contributed by atoms with Crippen LogP contribution in [0.4, 0.5) is 0 Å². The largest absolute Gasteiger partial charge is 0.486 e. The maximum atomic E-state index is 11.2. The predicted octanol–water partition coefficient (Wildman–Crippen LogP) is 1.52. The Hall–Kier alpha value is -1.97. The van der Waals surface area contributed by atoms with Crippen molar-refractivity contribution < 1.29 is 14.3 Å². The molecule has 1 aliphatic rings. The number of allylic oxidation sites excluding steroid dienone is 1. The lowest BCUT2D eigenvalue weighted by Gasteiger charge is -2.26. The van der Waals surface area contributed by atoms with Crippen molar-refractivity contribution in [2.75, 3.05) is 13.2 Å². The fraction of sp³-hybridized carbons (Fsp3) is 0.308. The van der Waals surface area contributed by atoms with Gasteiger partial charge in [-0.15, -0.1) is 0 Å². The van der Waals surface area contributed by atoms with Crippen LogP contribution in [0.2, 0.25) is 0 Å². The number of amides is 1. The number of benzene rings is 1. The summed E-state index contributed by atoms with van der Waals surface area (Å²) in [7, 11) is 0. The average molecular weight is 233 g/mol. The number of ether oxygens (including phenoxy) is 2. The molecule has 0 aromatic heterocycles. The maximum Gasteiger partial charge on any atom is 0.243 e. The van der Waals surface area contributed by atoms with Crippen molar-refractivity contribution in [2.24, 2.45) is 0 Å². The summed E-state index contributed by atoms with van der Waals surface area (Å²) in [6, 6.07) is 7.51. The van der Waals surface area contributed by atoms with Gasteiger partial charge in [0.1, 0.15) is 12.7 Å². The molecular weight excluding hydrogens is 218 g/mol. The van der Waals surface area contributed by atoms with E-state index in [0.29, 0.717) is 13.2 Å². The molecule has 0 fully saturated rings. The molecule has 2 rings (SSSR count). The first-order valence-electron chi connectivity index (χ1n) is 5.58. The van der Waals surface area contributed by atoms with Crippen molar-refractivity contribution in [3.8, 4) is 11.5 Å². The highest BCUT2D eigenvalue weighted by molar-refractivity contribution is 5.87. The summed E-state index contributed by atoms with van der Waals surface area (Å²) in [5.74, 6) is 1.36. The van der Waals surface area contributed by atoms with E-state index in [1.165, 1.54) is 6.08 Å². The van der Waals surface area contributed by atoms with Crippen LogP contribution in [0.1, 0.15) is 6.92 Å². The van der Waals surface area contributed by atoms with Crippen LogP contribution >= 0.6 is 0 Å². The van der Waals surface area contributed by atoms with Gasteiger partial charge in [-0.05, 0) is 25.1 Å². The van der Waals surface area contributed by atoms with Gasteiger partial charge in [0.15, 0.2) is 11.5 Å². The minimum absolute atomic E-state index is 0.116. The van der Waals surface area contributed by atoms with Crippen LogP contribution in [0.15, 0.2) is 36.4 Å². The highest BCUT2D eigenvalue weighted by atomic mass is 16.6. The number of hydrogen-bond acceptors (Lipinski definition) is 3. The van der Waals surface area contributed by atoms with Gasteiger partial charge >= 0.3 is 0 Å². The first-order valence-corrected chi connectivity index (χ1v) is 5.58. The van der Waals surface area contributed by atoms with Gasteiger partial charge in [0.05, 0.1) is 6.54 Å². The zero-order valence-corrected chi connectivity index (χ0v) is 9.68. The fourth-order valence-corrected chi connectivity index (χ4v) is 1.59. The van der Waals surface area contributed by atoms with E-state index in [4.69, 9.17) is 9.47 Å². The molecule has 90 valence electrons. The van der Waals surface area contributed by atoms with Crippen LogP contribution in [0.3, 0.4) is 0 Å². The van der Waals surface area contributed by atoms with Crippen LogP contribution in [0, 0.1) is 0 Å². The average Bonchev–Trinajstić information content (AvgIpc) is 2.36. The lowest BCUT2D eigenvalue weighted by atomic mass is 10.2. The number of nitrogens with one attached hydrogen (secondary N) is 1. The van der Waals surface area contributed by atoms with Crippen molar-refractivity contribution >= 4 is 5.91 Å². The SMILES string of the molecule is C/C=C\C(=O)NC[C@H]1COc2ccccc2O1. The number of hydrogen-bond donors (Lipinski definition) is 1. The second-order valence-corrected chi connectivity index (χ2v) is 3.74. The van der Waals surface area contributed by atoms with Crippen LogP contribution in [0.25, 0.3) is 0 Å². The molecule has 1 atom stereocenters. The van der Waals surface area contributed by atoms with Gasteiger partial charge in [-0.2, -0.15) is 0 Å². The quantitative estimate of drug-likeness (QED) is 0.805. The molecule has 1 N–H and O–H groups in total. The minimum Gasteiger partial charge on any atom is -0.486 e. The van der Waals surface area contributed by atoms with E-state index in [1.54, 1.807) is 13.0 Å². The fourth-order valence-electron chi connectivity index (χ4n) is 1.59.